The fraction of sp³-hybridized carbons (Fsp3) is 0.500. The molecule has 2 atom stereocenters. The molecule has 0 aliphatic carbocycles. The van der Waals surface area contributed by atoms with E-state index in [9.17, 15) is 8.78 Å². The van der Waals surface area contributed by atoms with Crippen molar-refractivity contribution in [1.29, 1.82) is 0 Å². The van der Waals surface area contributed by atoms with E-state index in [2.05, 4.69) is 19.2 Å². The summed E-state index contributed by atoms with van der Waals surface area (Å²) < 4.78 is 25.7. The third-order valence-electron chi connectivity index (χ3n) is 2.59. The van der Waals surface area contributed by atoms with Crippen LogP contribution in [0.4, 0.5) is 8.78 Å². The lowest BCUT2D eigenvalue weighted by molar-refractivity contribution is 0.462. The molecule has 1 rings (SSSR count). The number of halogens is 2. The molecule has 0 radical (unpaired) electrons. The minimum Gasteiger partial charge on any atom is -0.308 e. The standard InChI is InChI=1S/C12H17F2N/c1-4-8(2)15-9(3)10-5-6-11(13)12(14)7-10/h5-9,15H,4H2,1-3H3/t8-,9-/m1/s1. The van der Waals surface area contributed by atoms with Crippen LogP contribution in [0.5, 0.6) is 0 Å². The van der Waals surface area contributed by atoms with Crippen LogP contribution < -0.4 is 5.32 Å². The van der Waals surface area contributed by atoms with Gasteiger partial charge in [-0.2, -0.15) is 0 Å². The van der Waals surface area contributed by atoms with Gasteiger partial charge in [-0.15, -0.1) is 0 Å². The van der Waals surface area contributed by atoms with Gasteiger partial charge in [-0.25, -0.2) is 8.78 Å². The molecular weight excluding hydrogens is 196 g/mol. The van der Waals surface area contributed by atoms with Gasteiger partial charge in [0, 0.05) is 12.1 Å². The van der Waals surface area contributed by atoms with Gasteiger partial charge >= 0.3 is 0 Å². The second-order valence-corrected chi connectivity index (χ2v) is 3.87. The molecule has 0 aliphatic rings. The average Bonchev–Trinajstić information content (AvgIpc) is 2.21. The third kappa shape index (κ3) is 3.27. The van der Waals surface area contributed by atoms with Gasteiger partial charge in [0.05, 0.1) is 0 Å². The van der Waals surface area contributed by atoms with Crippen LogP contribution in [0, 0.1) is 11.6 Å². The maximum atomic E-state index is 13.0. The molecule has 0 saturated carbocycles. The van der Waals surface area contributed by atoms with Gasteiger partial charge in [-0.3, -0.25) is 0 Å². The van der Waals surface area contributed by atoms with E-state index in [4.69, 9.17) is 0 Å². The lowest BCUT2D eigenvalue weighted by Crippen LogP contribution is -2.28. The first-order chi connectivity index (χ1) is 7.04. The summed E-state index contributed by atoms with van der Waals surface area (Å²) in [4.78, 5) is 0. The molecule has 84 valence electrons. The predicted octanol–water partition coefficient (Wildman–Crippen LogP) is 3.41. The van der Waals surface area contributed by atoms with E-state index >= 15 is 0 Å². The van der Waals surface area contributed by atoms with Crippen molar-refractivity contribution in [3.05, 3.63) is 35.4 Å². The lowest BCUT2D eigenvalue weighted by Gasteiger charge is -2.19. The molecule has 0 unspecified atom stereocenters. The molecule has 0 fully saturated rings. The fourth-order valence-electron chi connectivity index (χ4n) is 1.42. The maximum Gasteiger partial charge on any atom is 0.159 e. The normalized spacial score (nSPS) is 15.0. The minimum atomic E-state index is -0.797. The van der Waals surface area contributed by atoms with Gasteiger partial charge in [-0.1, -0.05) is 13.0 Å². The Morgan fingerprint density at radius 2 is 1.87 bits per heavy atom. The van der Waals surface area contributed by atoms with Crippen LogP contribution >= 0.6 is 0 Å². The summed E-state index contributed by atoms with van der Waals surface area (Å²) in [5, 5.41) is 3.30. The highest BCUT2D eigenvalue weighted by atomic mass is 19.2. The first-order valence-electron chi connectivity index (χ1n) is 5.25. The van der Waals surface area contributed by atoms with Crippen molar-refractivity contribution in [1.82, 2.24) is 5.32 Å². The lowest BCUT2D eigenvalue weighted by atomic mass is 10.1. The zero-order chi connectivity index (χ0) is 11.4. The van der Waals surface area contributed by atoms with Gasteiger partial charge < -0.3 is 5.32 Å². The molecule has 0 bridgehead atoms. The van der Waals surface area contributed by atoms with Crippen molar-refractivity contribution >= 4 is 0 Å². The van der Waals surface area contributed by atoms with Crippen molar-refractivity contribution < 1.29 is 8.78 Å². The number of hydrogen-bond donors (Lipinski definition) is 1. The topological polar surface area (TPSA) is 12.0 Å². The Kier molecular flexibility index (Phi) is 4.21. The Hall–Kier alpha value is -0.960. The Bertz CT molecular complexity index is 325. The highest BCUT2D eigenvalue weighted by Gasteiger charge is 2.10. The summed E-state index contributed by atoms with van der Waals surface area (Å²) in [6.45, 7) is 6.09. The molecule has 1 nitrogen and oxygen atoms in total. The summed E-state index contributed by atoms with van der Waals surface area (Å²) in [5.74, 6) is -1.58. The van der Waals surface area contributed by atoms with Crippen molar-refractivity contribution in [3.63, 3.8) is 0 Å². The molecule has 0 spiro atoms. The van der Waals surface area contributed by atoms with Gasteiger partial charge in [-0.05, 0) is 38.0 Å². The van der Waals surface area contributed by atoms with Crippen molar-refractivity contribution in [3.8, 4) is 0 Å². The maximum absolute atomic E-state index is 13.0. The summed E-state index contributed by atoms with van der Waals surface area (Å²) >= 11 is 0. The zero-order valence-corrected chi connectivity index (χ0v) is 9.35. The molecule has 15 heavy (non-hydrogen) atoms. The quantitative estimate of drug-likeness (QED) is 0.808. The van der Waals surface area contributed by atoms with Crippen molar-refractivity contribution in [2.75, 3.05) is 0 Å². The van der Waals surface area contributed by atoms with Gasteiger partial charge in [0.2, 0.25) is 0 Å². The van der Waals surface area contributed by atoms with E-state index in [1.807, 2.05) is 6.92 Å². The van der Waals surface area contributed by atoms with Crippen LogP contribution in [0.15, 0.2) is 18.2 Å². The molecule has 0 heterocycles. The number of benzene rings is 1. The molecule has 0 saturated heterocycles. The van der Waals surface area contributed by atoms with E-state index in [1.165, 1.54) is 12.1 Å². The number of rotatable bonds is 4. The van der Waals surface area contributed by atoms with Crippen LogP contribution in [0.25, 0.3) is 0 Å². The largest absolute Gasteiger partial charge is 0.308 e. The van der Waals surface area contributed by atoms with Gasteiger partial charge in [0.25, 0.3) is 0 Å². The zero-order valence-electron chi connectivity index (χ0n) is 9.35. The molecule has 1 N–H and O–H groups in total. The van der Waals surface area contributed by atoms with Crippen LogP contribution in [0.2, 0.25) is 0 Å². The van der Waals surface area contributed by atoms with Crippen LogP contribution in [0.1, 0.15) is 38.8 Å². The van der Waals surface area contributed by atoms with E-state index < -0.39 is 11.6 Å². The van der Waals surface area contributed by atoms with E-state index in [0.717, 1.165) is 12.0 Å². The van der Waals surface area contributed by atoms with Crippen LogP contribution in [-0.2, 0) is 0 Å². The molecule has 1 aromatic carbocycles. The molecular formula is C12H17F2N. The second kappa shape index (κ2) is 5.21. The van der Waals surface area contributed by atoms with Gasteiger partial charge in [0.15, 0.2) is 11.6 Å². The summed E-state index contributed by atoms with van der Waals surface area (Å²) in [5.41, 5.74) is 0.772. The first kappa shape index (κ1) is 12.1. The summed E-state index contributed by atoms with van der Waals surface area (Å²) in [6.07, 6.45) is 1.01. The van der Waals surface area contributed by atoms with Gasteiger partial charge in [0.1, 0.15) is 0 Å². The molecule has 3 heteroatoms. The van der Waals surface area contributed by atoms with Crippen molar-refractivity contribution in [2.45, 2.75) is 39.3 Å². The monoisotopic (exact) mass is 213 g/mol. The van der Waals surface area contributed by atoms with Crippen LogP contribution in [0.3, 0.4) is 0 Å². The van der Waals surface area contributed by atoms with Crippen LogP contribution in [-0.4, -0.2) is 6.04 Å². The molecule has 0 aromatic heterocycles. The minimum absolute atomic E-state index is 0.0371. The highest BCUT2D eigenvalue weighted by molar-refractivity contribution is 5.20. The highest BCUT2D eigenvalue weighted by Crippen LogP contribution is 2.16. The third-order valence-corrected chi connectivity index (χ3v) is 2.59. The summed E-state index contributed by atoms with van der Waals surface area (Å²) in [7, 11) is 0. The van der Waals surface area contributed by atoms with E-state index in [-0.39, 0.29) is 6.04 Å². The molecule has 1 aromatic rings. The fourth-order valence-corrected chi connectivity index (χ4v) is 1.42. The average molecular weight is 213 g/mol. The number of nitrogens with one attached hydrogen (secondary N) is 1. The smallest absolute Gasteiger partial charge is 0.159 e. The molecule has 0 amide bonds. The Labute approximate surface area is 89.5 Å². The second-order valence-electron chi connectivity index (χ2n) is 3.87. The predicted molar refractivity (Wildman–Crippen MR) is 57.7 cm³/mol. The summed E-state index contributed by atoms with van der Waals surface area (Å²) in [6, 6.07) is 4.43. The Morgan fingerprint density at radius 3 is 2.40 bits per heavy atom. The Morgan fingerprint density at radius 1 is 1.20 bits per heavy atom. The number of hydrogen-bond acceptors (Lipinski definition) is 1. The van der Waals surface area contributed by atoms with E-state index in [1.54, 1.807) is 6.07 Å². The van der Waals surface area contributed by atoms with Crippen molar-refractivity contribution in [2.24, 2.45) is 0 Å². The Balaban J connectivity index is 2.73. The SMILES string of the molecule is CC[C@@H](C)N[C@H](C)c1ccc(F)c(F)c1. The van der Waals surface area contributed by atoms with E-state index in [0.29, 0.717) is 6.04 Å². The first-order valence-corrected chi connectivity index (χ1v) is 5.25. The molecule has 0 aliphatic heterocycles.